The molecule has 0 radical (unpaired) electrons. The summed E-state index contributed by atoms with van der Waals surface area (Å²) in [5.74, 6) is -0.356. The van der Waals surface area contributed by atoms with Crippen molar-refractivity contribution in [1.82, 2.24) is 0 Å². The summed E-state index contributed by atoms with van der Waals surface area (Å²) in [6.45, 7) is -0.631. The minimum absolute atomic E-state index is 0.0580. The van der Waals surface area contributed by atoms with Crippen molar-refractivity contribution in [3.8, 4) is 0 Å². The zero-order valence-corrected chi connectivity index (χ0v) is 19.2. The highest BCUT2D eigenvalue weighted by molar-refractivity contribution is 6.30. The molecule has 34 heavy (non-hydrogen) atoms. The van der Waals surface area contributed by atoms with Crippen molar-refractivity contribution in [1.29, 1.82) is 0 Å². The van der Waals surface area contributed by atoms with Gasteiger partial charge in [-0.25, -0.2) is 0 Å². The van der Waals surface area contributed by atoms with Crippen molar-refractivity contribution in [2.45, 2.75) is 50.1 Å². The van der Waals surface area contributed by atoms with Gasteiger partial charge in [0, 0.05) is 5.02 Å². The Bertz CT molecular complexity index is 1100. The van der Waals surface area contributed by atoms with Gasteiger partial charge >= 0.3 is 12.1 Å². The van der Waals surface area contributed by atoms with Gasteiger partial charge in [-0.05, 0) is 79.5 Å². The van der Waals surface area contributed by atoms with Gasteiger partial charge in [-0.2, -0.15) is 13.2 Å². The van der Waals surface area contributed by atoms with Crippen LogP contribution in [0.25, 0.3) is 0 Å². The Morgan fingerprint density at radius 2 is 1.71 bits per heavy atom. The normalized spacial score (nSPS) is 29.6. The summed E-state index contributed by atoms with van der Waals surface area (Å²) >= 11 is 5.69. The smallest absolute Gasteiger partial charge is 0.418 e. The van der Waals surface area contributed by atoms with E-state index in [0.29, 0.717) is 18.3 Å². The SMILES string of the molecule is O=C(COC(=O)C12CC3CC(C1)CC(c1ccccc1)(C3)C2)Nc1ccc(Cl)cc1C(F)(F)F. The van der Waals surface area contributed by atoms with Gasteiger partial charge in [0.25, 0.3) is 5.91 Å². The number of hydrogen-bond donors (Lipinski definition) is 1. The van der Waals surface area contributed by atoms with E-state index >= 15 is 0 Å². The number of hydrogen-bond acceptors (Lipinski definition) is 3. The van der Waals surface area contributed by atoms with Gasteiger partial charge in [-0.3, -0.25) is 9.59 Å². The largest absolute Gasteiger partial charge is 0.455 e. The summed E-state index contributed by atoms with van der Waals surface area (Å²) in [7, 11) is 0. The maximum absolute atomic E-state index is 13.3. The molecule has 0 spiro atoms. The molecule has 4 bridgehead atoms. The lowest BCUT2D eigenvalue weighted by Crippen LogP contribution is -2.57. The Labute approximate surface area is 200 Å². The van der Waals surface area contributed by atoms with Crippen LogP contribution in [0.3, 0.4) is 0 Å². The minimum atomic E-state index is -4.69. The van der Waals surface area contributed by atoms with Crippen molar-refractivity contribution in [2.24, 2.45) is 17.3 Å². The first-order valence-corrected chi connectivity index (χ1v) is 11.9. The second kappa shape index (κ2) is 8.29. The molecule has 8 heteroatoms. The summed E-state index contributed by atoms with van der Waals surface area (Å²) in [5, 5.41) is 2.12. The van der Waals surface area contributed by atoms with E-state index in [1.54, 1.807) is 0 Å². The molecule has 0 heterocycles. The number of nitrogens with one attached hydrogen (secondary N) is 1. The third-order valence-electron chi connectivity index (χ3n) is 7.78. The minimum Gasteiger partial charge on any atom is -0.455 e. The average Bonchev–Trinajstić information content (AvgIpc) is 2.78. The predicted octanol–water partition coefficient (Wildman–Crippen LogP) is 6.38. The van der Waals surface area contributed by atoms with Gasteiger partial charge in [0.2, 0.25) is 0 Å². The van der Waals surface area contributed by atoms with Crippen LogP contribution in [0.5, 0.6) is 0 Å². The molecule has 2 aromatic rings. The number of benzene rings is 2. The number of carbonyl (C=O) groups excluding carboxylic acids is 2. The van der Waals surface area contributed by atoms with Crippen molar-refractivity contribution in [3.05, 3.63) is 64.7 Å². The maximum Gasteiger partial charge on any atom is 0.418 e. The maximum atomic E-state index is 13.3. The standard InChI is InChI=1S/C26H25ClF3NO3/c27-19-6-7-21(20(9-19)26(28,29)30)31-22(32)14-34-23(33)25-12-16-8-17(13-25)11-24(10-16,15-25)18-4-2-1-3-5-18/h1-7,9,16-17H,8,10-15H2,(H,31,32). The molecular formula is C26H25ClF3NO3. The second-order valence-electron chi connectivity index (χ2n) is 10.2. The van der Waals surface area contributed by atoms with Gasteiger partial charge in [0.15, 0.2) is 6.61 Å². The number of alkyl halides is 3. The molecule has 4 saturated carbocycles. The number of esters is 1. The fourth-order valence-corrected chi connectivity index (χ4v) is 7.13. The molecule has 2 unspecified atom stereocenters. The molecule has 4 nitrogen and oxygen atoms in total. The Morgan fingerprint density at radius 1 is 1.03 bits per heavy atom. The zero-order chi connectivity index (χ0) is 24.1. The highest BCUT2D eigenvalue weighted by Gasteiger charge is 2.61. The number of anilines is 1. The number of halogens is 4. The van der Waals surface area contributed by atoms with E-state index < -0.39 is 41.3 Å². The molecule has 180 valence electrons. The first kappa shape index (κ1) is 23.2. The number of carbonyl (C=O) groups is 2. The topological polar surface area (TPSA) is 55.4 Å². The summed E-state index contributed by atoms with van der Waals surface area (Å²) in [4.78, 5) is 25.7. The number of amides is 1. The van der Waals surface area contributed by atoms with Crippen LogP contribution in [0.1, 0.15) is 49.7 Å². The molecule has 0 saturated heterocycles. The van der Waals surface area contributed by atoms with Gasteiger partial charge in [0.05, 0.1) is 16.7 Å². The Kier molecular flexibility index (Phi) is 5.66. The second-order valence-corrected chi connectivity index (χ2v) is 10.6. The molecule has 4 fully saturated rings. The average molecular weight is 492 g/mol. The molecular weight excluding hydrogens is 467 g/mol. The lowest BCUT2D eigenvalue weighted by atomic mass is 9.43. The van der Waals surface area contributed by atoms with Crippen LogP contribution < -0.4 is 5.32 Å². The molecule has 6 rings (SSSR count). The molecule has 1 N–H and O–H groups in total. The van der Waals surface area contributed by atoms with Crippen molar-refractivity contribution < 1.29 is 27.5 Å². The molecule has 0 aliphatic heterocycles. The fourth-order valence-electron chi connectivity index (χ4n) is 6.96. The van der Waals surface area contributed by atoms with Crippen molar-refractivity contribution in [2.75, 3.05) is 11.9 Å². The van der Waals surface area contributed by atoms with E-state index in [1.165, 1.54) is 11.6 Å². The predicted molar refractivity (Wildman–Crippen MR) is 121 cm³/mol. The van der Waals surface area contributed by atoms with Gasteiger partial charge in [-0.15, -0.1) is 0 Å². The summed E-state index contributed by atoms with van der Waals surface area (Å²) in [6, 6.07) is 13.4. The molecule has 4 aliphatic carbocycles. The summed E-state index contributed by atoms with van der Waals surface area (Å²) in [6.07, 6.45) is 0.713. The molecule has 2 atom stereocenters. The highest BCUT2D eigenvalue weighted by atomic mass is 35.5. The molecule has 0 aromatic heterocycles. The van der Waals surface area contributed by atoms with Crippen LogP contribution in [0.15, 0.2) is 48.5 Å². The van der Waals surface area contributed by atoms with Gasteiger partial charge in [0.1, 0.15) is 0 Å². The van der Waals surface area contributed by atoms with Crippen LogP contribution >= 0.6 is 11.6 Å². The first-order chi connectivity index (χ1) is 16.1. The third-order valence-corrected chi connectivity index (χ3v) is 8.01. The zero-order valence-electron chi connectivity index (χ0n) is 18.5. The van der Waals surface area contributed by atoms with Crippen LogP contribution in [0.4, 0.5) is 18.9 Å². The quantitative estimate of drug-likeness (QED) is 0.494. The van der Waals surface area contributed by atoms with E-state index in [2.05, 4.69) is 17.4 Å². The van der Waals surface area contributed by atoms with E-state index in [4.69, 9.17) is 16.3 Å². The Hall–Kier alpha value is -2.54. The molecule has 1 amide bonds. The molecule has 2 aromatic carbocycles. The third kappa shape index (κ3) is 4.19. The van der Waals surface area contributed by atoms with Crippen molar-refractivity contribution in [3.63, 3.8) is 0 Å². The number of ether oxygens (including phenoxy) is 1. The summed E-state index contributed by atoms with van der Waals surface area (Å²) < 4.78 is 45.3. The highest BCUT2D eigenvalue weighted by Crippen LogP contribution is 2.66. The number of rotatable bonds is 5. The van der Waals surface area contributed by atoms with Crippen LogP contribution in [-0.2, 0) is 25.9 Å². The van der Waals surface area contributed by atoms with Crippen LogP contribution in [-0.4, -0.2) is 18.5 Å². The van der Waals surface area contributed by atoms with Crippen molar-refractivity contribution >= 4 is 29.2 Å². The fraction of sp³-hybridized carbons (Fsp3) is 0.462. The van der Waals surface area contributed by atoms with E-state index in [1.807, 2.05) is 18.2 Å². The molecule has 4 aliphatic rings. The lowest BCUT2D eigenvalue weighted by molar-refractivity contribution is -0.175. The van der Waals surface area contributed by atoms with E-state index in [9.17, 15) is 22.8 Å². The Morgan fingerprint density at radius 3 is 2.35 bits per heavy atom. The Balaban J connectivity index is 1.29. The van der Waals surface area contributed by atoms with Crippen LogP contribution in [0, 0.1) is 17.3 Å². The van der Waals surface area contributed by atoms with E-state index in [0.717, 1.165) is 44.2 Å². The lowest BCUT2D eigenvalue weighted by Gasteiger charge is -2.61. The first-order valence-electron chi connectivity index (χ1n) is 11.5. The van der Waals surface area contributed by atoms with Crippen LogP contribution in [0.2, 0.25) is 5.02 Å². The van der Waals surface area contributed by atoms with E-state index in [-0.39, 0.29) is 10.4 Å². The summed E-state index contributed by atoms with van der Waals surface area (Å²) in [5.41, 5.74) is -0.919. The van der Waals surface area contributed by atoms with Gasteiger partial charge in [-0.1, -0.05) is 41.9 Å². The monoisotopic (exact) mass is 491 g/mol. The van der Waals surface area contributed by atoms with Gasteiger partial charge < -0.3 is 10.1 Å².